The van der Waals surface area contributed by atoms with Crippen LogP contribution < -0.4 is 10.1 Å². The zero-order valence-corrected chi connectivity index (χ0v) is 21.2. The van der Waals surface area contributed by atoms with Gasteiger partial charge in [-0.25, -0.2) is 14.1 Å². The Morgan fingerprint density at radius 3 is 2.76 bits per heavy atom. The van der Waals surface area contributed by atoms with Gasteiger partial charge in [0.25, 0.3) is 5.91 Å². The summed E-state index contributed by atoms with van der Waals surface area (Å²) in [6.45, 7) is 3.95. The van der Waals surface area contributed by atoms with E-state index in [0.717, 1.165) is 11.3 Å². The Kier molecular flexibility index (Phi) is 5.86. The SMILES string of the molecule is COc1ccc(-n2cnnn2)c(CNC(=O)c2c(C)nn(Cc3cn4cc(C5CC5)ccc4n3)c2C)c1F. The lowest BCUT2D eigenvalue weighted by molar-refractivity contribution is 0.0949. The Balaban J connectivity index is 1.23. The molecule has 0 aliphatic heterocycles. The summed E-state index contributed by atoms with van der Waals surface area (Å²) in [6.07, 6.45) is 7.99. The molecule has 0 unspecified atom stereocenters. The minimum atomic E-state index is -0.596. The van der Waals surface area contributed by atoms with E-state index in [2.05, 4.69) is 38.2 Å². The van der Waals surface area contributed by atoms with Gasteiger partial charge in [-0.15, -0.1) is 5.10 Å². The molecule has 0 spiro atoms. The molecule has 1 aliphatic carbocycles. The third-order valence-corrected chi connectivity index (χ3v) is 6.92. The first-order valence-corrected chi connectivity index (χ1v) is 12.3. The molecular formula is C26H26FN9O2. The van der Waals surface area contributed by atoms with Gasteiger partial charge in [0.15, 0.2) is 11.6 Å². The molecule has 0 bridgehead atoms. The van der Waals surface area contributed by atoms with Gasteiger partial charge in [-0.3, -0.25) is 9.48 Å². The van der Waals surface area contributed by atoms with Crippen molar-refractivity contribution in [2.24, 2.45) is 0 Å². The Bertz CT molecular complexity index is 1650. The van der Waals surface area contributed by atoms with Crippen LogP contribution >= 0.6 is 0 Å². The van der Waals surface area contributed by atoms with E-state index in [-0.39, 0.29) is 23.8 Å². The highest BCUT2D eigenvalue weighted by molar-refractivity contribution is 5.96. The zero-order chi connectivity index (χ0) is 26.4. The van der Waals surface area contributed by atoms with E-state index in [9.17, 15) is 4.79 Å². The number of nitrogens with zero attached hydrogens (tertiary/aromatic N) is 8. The van der Waals surface area contributed by atoms with Crippen LogP contribution in [0.25, 0.3) is 11.3 Å². The van der Waals surface area contributed by atoms with Crippen molar-refractivity contribution in [3.63, 3.8) is 0 Å². The van der Waals surface area contributed by atoms with Crippen LogP contribution in [0.15, 0.2) is 43.0 Å². The number of tetrazole rings is 1. The number of pyridine rings is 1. The summed E-state index contributed by atoms with van der Waals surface area (Å²) in [5, 5.41) is 18.5. The molecular weight excluding hydrogens is 489 g/mol. The maximum absolute atomic E-state index is 15.2. The van der Waals surface area contributed by atoms with E-state index in [4.69, 9.17) is 9.72 Å². The highest BCUT2D eigenvalue weighted by Crippen LogP contribution is 2.39. The second-order valence-corrected chi connectivity index (χ2v) is 9.45. The molecule has 4 heterocycles. The first-order valence-electron chi connectivity index (χ1n) is 12.3. The van der Waals surface area contributed by atoms with Gasteiger partial charge in [-0.1, -0.05) is 6.07 Å². The number of carbonyl (C=O) groups is 1. The van der Waals surface area contributed by atoms with Crippen LogP contribution in [0.4, 0.5) is 4.39 Å². The number of nitrogens with one attached hydrogen (secondary N) is 1. The highest BCUT2D eigenvalue weighted by Gasteiger charge is 2.24. The van der Waals surface area contributed by atoms with Crippen LogP contribution in [0, 0.1) is 19.7 Å². The lowest BCUT2D eigenvalue weighted by Crippen LogP contribution is -2.25. The lowest BCUT2D eigenvalue weighted by atomic mass is 10.1. The molecule has 1 aromatic carbocycles. The predicted molar refractivity (Wildman–Crippen MR) is 135 cm³/mol. The molecule has 1 saturated carbocycles. The van der Waals surface area contributed by atoms with Crippen molar-refractivity contribution < 1.29 is 13.9 Å². The van der Waals surface area contributed by atoms with Crippen LogP contribution in [0.1, 0.15) is 57.3 Å². The summed E-state index contributed by atoms with van der Waals surface area (Å²) >= 11 is 0. The number of carbonyl (C=O) groups excluding carboxylic acids is 1. The first-order chi connectivity index (χ1) is 18.4. The monoisotopic (exact) mass is 515 g/mol. The van der Waals surface area contributed by atoms with E-state index in [1.165, 1.54) is 42.6 Å². The van der Waals surface area contributed by atoms with Crippen molar-refractivity contribution in [3.05, 3.63) is 82.6 Å². The normalized spacial score (nSPS) is 13.3. The smallest absolute Gasteiger partial charge is 0.255 e. The van der Waals surface area contributed by atoms with E-state index in [0.29, 0.717) is 35.1 Å². The van der Waals surface area contributed by atoms with E-state index in [1.54, 1.807) is 17.7 Å². The summed E-state index contributed by atoms with van der Waals surface area (Å²) in [7, 11) is 1.38. The molecule has 11 nitrogen and oxygen atoms in total. The molecule has 194 valence electrons. The second-order valence-electron chi connectivity index (χ2n) is 9.45. The van der Waals surface area contributed by atoms with Gasteiger partial charge in [0.05, 0.1) is 36.3 Å². The Labute approximate surface area is 217 Å². The first kappa shape index (κ1) is 23.8. The Morgan fingerprint density at radius 1 is 1.18 bits per heavy atom. The molecule has 38 heavy (non-hydrogen) atoms. The number of imidazole rings is 1. The van der Waals surface area contributed by atoms with E-state index >= 15 is 4.39 Å². The predicted octanol–water partition coefficient (Wildman–Crippen LogP) is 3.13. The zero-order valence-electron chi connectivity index (χ0n) is 21.2. The van der Waals surface area contributed by atoms with E-state index in [1.807, 2.05) is 23.6 Å². The summed E-state index contributed by atoms with van der Waals surface area (Å²) < 4.78 is 25.4. The number of rotatable bonds is 8. The Morgan fingerprint density at radius 2 is 2.03 bits per heavy atom. The number of methoxy groups -OCH3 is 1. The molecule has 12 heteroatoms. The topological polar surface area (TPSA) is 117 Å². The van der Waals surface area contributed by atoms with Crippen LogP contribution in [0.5, 0.6) is 5.75 Å². The third-order valence-electron chi connectivity index (χ3n) is 6.92. The molecule has 0 radical (unpaired) electrons. The fourth-order valence-electron chi connectivity index (χ4n) is 4.79. The quantitative estimate of drug-likeness (QED) is 0.337. The fourth-order valence-corrected chi connectivity index (χ4v) is 4.79. The minimum absolute atomic E-state index is 0.0583. The van der Waals surface area contributed by atoms with Gasteiger partial charge < -0.3 is 14.5 Å². The van der Waals surface area contributed by atoms with Gasteiger partial charge in [0.1, 0.15) is 12.0 Å². The molecule has 6 rings (SSSR count). The van der Waals surface area contributed by atoms with Crippen LogP contribution in [-0.2, 0) is 13.1 Å². The van der Waals surface area contributed by atoms with Crippen molar-refractivity contribution in [1.82, 2.24) is 44.7 Å². The van der Waals surface area contributed by atoms with Crippen molar-refractivity contribution in [2.75, 3.05) is 7.11 Å². The second kappa shape index (κ2) is 9.36. The largest absolute Gasteiger partial charge is 0.494 e. The number of aryl methyl sites for hydroxylation is 1. The fraction of sp³-hybridized carbons (Fsp3) is 0.308. The number of ether oxygens (including phenoxy) is 1. The summed E-state index contributed by atoms with van der Waals surface area (Å²) in [5.74, 6) is -0.235. The van der Waals surface area contributed by atoms with Crippen molar-refractivity contribution in [2.45, 2.75) is 45.7 Å². The van der Waals surface area contributed by atoms with Gasteiger partial charge in [0, 0.05) is 30.2 Å². The summed E-state index contributed by atoms with van der Waals surface area (Å²) in [4.78, 5) is 18.0. The average Bonchev–Trinajstić information content (AvgIpc) is 3.33. The van der Waals surface area contributed by atoms with Gasteiger partial charge >= 0.3 is 0 Å². The minimum Gasteiger partial charge on any atom is -0.494 e. The number of benzene rings is 1. The summed E-state index contributed by atoms with van der Waals surface area (Å²) in [6, 6.07) is 7.31. The molecule has 5 aromatic rings. The van der Waals surface area contributed by atoms with Gasteiger partial charge in [-0.05, 0) is 66.8 Å². The number of fused-ring (bicyclic) bond motifs is 1. The Hall–Kier alpha value is -4.61. The molecule has 0 atom stereocenters. The van der Waals surface area contributed by atoms with Crippen LogP contribution in [0.2, 0.25) is 0 Å². The van der Waals surface area contributed by atoms with Crippen LogP contribution in [0.3, 0.4) is 0 Å². The van der Waals surface area contributed by atoms with Crippen molar-refractivity contribution >= 4 is 11.6 Å². The average molecular weight is 516 g/mol. The van der Waals surface area contributed by atoms with Crippen molar-refractivity contribution in [3.8, 4) is 11.4 Å². The standard InChI is InChI=1S/C26H26FN9O2/c1-15-24(26(37)28-10-20-21(36-14-29-32-33-36)7-8-22(38-3)25(20)27)16(2)35(31-15)13-19-12-34-11-18(17-4-5-17)6-9-23(34)30-19/h6-9,11-12,14,17H,4-5,10,13H2,1-3H3,(H,28,37). The molecule has 1 aliphatic rings. The van der Waals surface area contributed by atoms with Gasteiger partial charge in [0.2, 0.25) is 0 Å². The molecule has 0 saturated heterocycles. The number of amides is 1. The number of hydrogen-bond donors (Lipinski definition) is 1. The highest BCUT2D eigenvalue weighted by atomic mass is 19.1. The van der Waals surface area contributed by atoms with E-state index < -0.39 is 5.82 Å². The van der Waals surface area contributed by atoms with Crippen molar-refractivity contribution in [1.29, 1.82) is 0 Å². The summed E-state index contributed by atoms with van der Waals surface area (Å²) in [5.41, 5.74) is 5.37. The number of halogens is 1. The van der Waals surface area contributed by atoms with Crippen LogP contribution in [-0.4, -0.2) is 52.4 Å². The molecule has 1 amide bonds. The number of hydrogen-bond acceptors (Lipinski definition) is 7. The molecule has 4 aromatic heterocycles. The molecule has 1 N–H and O–H groups in total. The maximum atomic E-state index is 15.2. The third kappa shape index (κ3) is 4.27. The lowest BCUT2D eigenvalue weighted by Gasteiger charge is -2.13. The maximum Gasteiger partial charge on any atom is 0.255 e. The van der Waals surface area contributed by atoms with Gasteiger partial charge in [-0.2, -0.15) is 5.10 Å². The molecule has 1 fully saturated rings. The number of aromatic nitrogens is 8.